The van der Waals surface area contributed by atoms with Crippen molar-refractivity contribution >= 4 is 0 Å². The maximum Gasteiger partial charge on any atom is -0.00473 e. The Morgan fingerprint density at radius 1 is 1.29 bits per heavy atom. The third-order valence-electron chi connectivity index (χ3n) is 2.99. The van der Waals surface area contributed by atoms with Crippen LogP contribution in [0.15, 0.2) is 36.0 Å². The average Bonchev–Trinajstić information content (AvgIpc) is 2.43. The molecule has 78 valence electrons. The summed E-state index contributed by atoms with van der Waals surface area (Å²) in [6, 6.07) is 0. The van der Waals surface area contributed by atoms with Crippen LogP contribution in [-0.2, 0) is 0 Å². The maximum atomic E-state index is 2.35. The van der Waals surface area contributed by atoms with Crippen LogP contribution in [0.3, 0.4) is 0 Å². The van der Waals surface area contributed by atoms with E-state index < -0.39 is 0 Å². The van der Waals surface area contributed by atoms with E-state index >= 15 is 0 Å². The summed E-state index contributed by atoms with van der Waals surface area (Å²) in [5.74, 6) is 1.34. The van der Waals surface area contributed by atoms with E-state index in [2.05, 4.69) is 51.2 Å². The molecule has 0 heterocycles. The summed E-state index contributed by atoms with van der Waals surface area (Å²) in [7, 11) is 0. The second-order valence-corrected chi connectivity index (χ2v) is 4.17. The first-order valence-electron chi connectivity index (χ1n) is 5.84. The zero-order valence-corrected chi connectivity index (χ0v) is 9.66. The molecule has 0 fully saturated rings. The molecule has 1 aliphatic rings. The van der Waals surface area contributed by atoms with Gasteiger partial charge in [-0.2, -0.15) is 0 Å². The smallest absolute Gasteiger partial charge is 0.00473 e. The van der Waals surface area contributed by atoms with Gasteiger partial charge in [0.25, 0.3) is 0 Å². The van der Waals surface area contributed by atoms with Crippen LogP contribution >= 0.6 is 0 Å². The van der Waals surface area contributed by atoms with Crippen LogP contribution in [-0.4, -0.2) is 0 Å². The van der Waals surface area contributed by atoms with Crippen molar-refractivity contribution in [3.8, 4) is 0 Å². The monoisotopic (exact) mass is 190 g/mol. The van der Waals surface area contributed by atoms with Crippen LogP contribution in [0.1, 0.15) is 40.0 Å². The van der Waals surface area contributed by atoms with Crippen LogP contribution < -0.4 is 0 Å². The van der Waals surface area contributed by atoms with Gasteiger partial charge in [-0.3, -0.25) is 0 Å². The molecule has 0 radical (unpaired) electrons. The fourth-order valence-electron chi connectivity index (χ4n) is 1.75. The molecule has 0 spiro atoms. The van der Waals surface area contributed by atoms with Crippen molar-refractivity contribution in [2.24, 2.45) is 11.8 Å². The van der Waals surface area contributed by atoms with Crippen LogP contribution in [0.25, 0.3) is 0 Å². The lowest BCUT2D eigenvalue weighted by Gasteiger charge is -2.08. The van der Waals surface area contributed by atoms with Crippen molar-refractivity contribution in [1.82, 2.24) is 0 Å². The van der Waals surface area contributed by atoms with Gasteiger partial charge in [-0.1, -0.05) is 57.6 Å². The molecule has 0 aromatic heterocycles. The van der Waals surface area contributed by atoms with Gasteiger partial charge in [0.1, 0.15) is 0 Å². The summed E-state index contributed by atoms with van der Waals surface area (Å²) in [6.45, 7) is 6.79. The van der Waals surface area contributed by atoms with E-state index in [1.165, 1.54) is 24.8 Å². The van der Waals surface area contributed by atoms with E-state index in [4.69, 9.17) is 0 Å². The molecule has 1 rings (SSSR count). The Bertz CT molecular complexity index is 243. The van der Waals surface area contributed by atoms with Crippen LogP contribution in [0, 0.1) is 11.8 Å². The molecule has 0 saturated carbocycles. The fourth-order valence-corrected chi connectivity index (χ4v) is 1.75. The van der Waals surface area contributed by atoms with Gasteiger partial charge in [0.15, 0.2) is 0 Å². The highest BCUT2D eigenvalue weighted by atomic mass is 14.1. The van der Waals surface area contributed by atoms with Gasteiger partial charge in [0.05, 0.1) is 0 Å². The minimum atomic E-state index is 0.651. The summed E-state index contributed by atoms with van der Waals surface area (Å²) < 4.78 is 0. The van der Waals surface area contributed by atoms with E-state index in [9.17, 15) is 0 Å². The second-order valence-electron chi connectivity index (χ2n) is 4.17. The topological polar surface area (TPSA) is 0 Å². The molecular formula is C14H22. The molecule has 0 aromatic rings. The lowest BCUT2D eigenvalue weighted by Crippen LogP contribution is -1.94. The number of hydrogen-bond donors (Lipinski definition) is 0. The third-order valence-corrected chi connectivity index (χ3v) is 2.99. The highest BCUT2D eigenvalue weighted by Gasteiger charge is 2.06. The van der Waals surface area contributed by atoms with Gasteiger partial charge in [-0.05, 0) is 30.3 Å². The largest absolute Gasteiger partial charge is 0.0776 e. The van der Waals surface area contributed by atoms with Crippen molar-refractivity contribution in [1.29, 1.82) is 0 Å². The Hall–Kier alpha value is -0.780. The summed E-state index contributed by atoms with van der Waals surface area (Å²) in [5, 5.41) is 0. The van der Waals surface area contributed by atoms with Crippen molar-refractivity contribution in [2.45, 2.75) is 40.0 Å². The first kappa shape index (κ1) is 11.3. The third kappa shape index (κ3) is 3.17. The molecule has 0 amide bonds. The molecular weight excluding hydrogens is 168 g/mol. The predicted octanol–water partition coefficient (Wildman–Crippen LogP) is 4.50. The summed E-state index contributed by atoms with van der Waals surface area (Å²) in [6.07, 6.45) is 15.2. The molecule has 0 N–H and O–H groups in total. The Kier molecular flexibility index (Phi) is 4.72. The van der Waals surface area contributed by atoms with Crippen LogP contribution in [0.4, 0.5) is 0 Å². The molecule has 0 aromatic carbocycles. The Balaban J connectivity index is 2.63. The molecule has 0 bridgehead atoms. The quantitative estimate of drug-likeness (QED) is 0.612. The maximum absolute atomic E-state index is 2.35. The SMILES string of the molecule is CCCC1C=CC=C(C(C)CC)C=C1. The highest BCUT2D eigenvalue weighted by molar-refractivity contribution is 5.30. The summed E-state index contributed by atoms with van der Waals surface area (Å²) in [5.41, 5.74) is 1.47. The number of allylic oxidation sites excluding steroid dienone is 6. The number of hydrogen-bond acceptors (Lipinski definition) is 0. The zero-order valence-electron chi connectivity index (χ0n) is 9.66. The van der Waals surface area contributed by atoms with Gasteiger partial charge >= 0.3 is 0 Å². The molecule has 0 nitrogen and oxygen atoms in total. The molecule has 2 atom stereocenters. The van der Waals surface area contributed by atoms with E-state index in [0.717, 1.165) is 0 Å². The Morgan fingerprint density at radius 3 is 2.71 bits per heavy atom. The van der Waals surface area contributed by atoms with Gasteiger partial charge in [0.2, 0.25) is 0 Å². The predicted molar refractivity (Wildman–Crippen MR) is 64.2 cm³/mol. The van der Waals surface area contributed by atoms with Gasteiger partial charge in [-0.15, -0.1) is 0 Å². The first-order chi connectivity index (χ1) is 6.77. The minimum absolute atomic E-state index is 0.651. The van der Waals surface area contributed by atoms with Crippen LogP contribution in [0.2, 0.25) is 0 Å². The lowest BCUT2D eigenvalue weighted by molar-refractivity contribution is 0.666. The van der Waals surface area contributed by atoms with Crippen molar-refractivity contribution < 1.29 is 0 Å². The van der Waals surface area contributed by atoms with Crippen molar-refractivity contribution in [3.05, 3.63) is 36.0 Å². The van der Waals surface area contributed by atoms with E-state index in [0.29, 0.717) is 11.8 Å². The van der Waals surface area contributed by atoms with Crippen molar-refractivity contribution in [2.75, 3.05) is 0 Å². The average molecular weight is 190 g/mol. The molecule has 0 saturated heterocycles. The summed E-state index contributed by atoms with van der Waals surface area (Å²) >= 11 is 0. The van der Waals surface area contributed by atoms with Gasteiger partial charge in [0, 0.05) is 0 Å². The molecule has 14 heavy (non-hydrogen) atoms. The molecule has 0 aliphatic heterocycles. The minimum Gasteiger partial charge on any atom is -0.0776 e. The standard InChI is InChI=1S/C14H22/c1-4-7-13-8-6-9-14(11-10-13)12(3)5-2/h6,8-13H,4-5,7H2,1-3H3. The van der Waals surface area contributed by atoms with Gasteiger partial charge < -0.3 is 0 Å². The van der Waals surface area contributed by atoms with Gasteiger partial charge in [-0.25, -0.2) is 0 Å². The summed E-state index contributed by atoms with van der Waals surface area (Å²) in [4.78, 5) is 0. The zero-order chi connectivity index (χ0) is 10.4. The molecule has 2 unspecified atom stereocenters. The Labute approximate surface area is 88.4 Å². The first-order valence-corrected chi connectivity index (χ1v) is 5.84. The van der Waals surface area contributed by atoms with E-state index in [1.807, 2.05) is 0 Å². The highest BCUT2D eigenvalue weighted by Crippen LogP contribution is 2.21. The van der Waals surface area contributed by atoms with Crippen molar-refractivity contribution in [3.63, 3.8) is 0 Å². The van der Waals surface area contributed by atoms with E-state index in [1.54, 1.807) is 0 Å². The molecule has 0 heteroatoms. The molecule has 1 aliphatic carbocycles. The number of rotatable bonds is 4. The lowest BCUT2D eigenvalue weighted by atomic mass is 9.97. The second kappa shape index (κ2) is 5.85. The normalized spacial score (nSPS) is 23.1. The van der Waals surface area contributed by atoms with E-state index in [-0.39, 0.29) is 0 Å². The Morgan fingerprint density at radius 2 is 2.07 bits per heavy atom. The fraction of sp³-hybridized carbons (Fsp3) is 0.571. The van der Waals surface area contributed by atoms with Crippen LogP contribution in [0.5, 0.6) is 0 Å².